The Kier molecular flexibility index (Phi) is 4.02. The first-order chi connectivity index (χ1) is 9.93. The highest BCUT2D eigenvalue weighted by Crippen LogP contribution is 2.12. The quantitative estimate of drug-likeness (QED) is 0.390. The van der Waals surface area contributed by atoms with Crippen LogP contribution >= 0.6 is 0 Å². The number of hydrogen-bond acceptors (Lipinski definition) is 3. The molecule has 0 fully saturated rings. The Hall–Kier alpha value is -2.70. The van der Waals surface area contributed by atoms with Crippen molar-refractivity contribution in [1.82, 2.24) is 4.57 Å². The van der Waals surface area contributed by atoms with Gasteiger partial charge < -0.3 is 15.5 Å². The lowest BCUT2D eigenvalue weighted by molar-refractivity contribution is 0.318. The zero-order chi connectivity index (χ0) is 15.6. The highest BCUT2D eigenvalue weighted by atomic mass is 19.1. The van der Waals surface area contributed by atoms with Crippen LogP contribution in [0.3, 0.4) is 0 Å². The third-order valence-electron chi connectivity index (χ3n) is 3.11. The fraction of sp³-hybridized carbons (Fsp3) is 0.143. The second-order valence-corrected chi connectivity index (χ2v) is 4.50. The zero-order valence-electron chi connectivity index (χ0n) is 11.2. The van der Waals surface area contributed by atoms with E-state index in [1.807, 2.05) is 0 Å². The number of aromatic nitrogens is 1. The molecule has 0 amide bonds. The normalized spacial score (nSPS) is 11.7. The fourth-order valence-corrected chi connectivity index (χ4v) is 1.95. The summed E-state index contributed by atoms with van der Waals surface area (Å²) in [5, 5.41) is 11.4. The van der Waals surface area contributed by atoms with Crippen LogP contribution in [0, 0.1) is 18.6 Å². The SMILES string of the molecule is Cc1ccc(/C(N)=N/O)c(=O)n1Cc1cc(F)ccc1F. The maximum absolute atomic E-state index is 13.7. The van der Waals surface area contributed by atoms with E-state index < -0.39 is 17.2 Å². The summed E-state index contributed by atoms with van der Waals surface area (Å²) in [6, 6.07) is 6.01. The van der Waals surface area contributed by atoms with Gasteiger partial charge in [0.05, 0.1) is 12.1 Å². The molecule has 1 aromatic carbocycles. The van der Waals surface area contributed by atoms with Gasteiger partial charge in [0.15, 0.2) is 5.84 Å². The van der Waals surface area contributed by atoms with Gasteiger partial charge in [0.25, 0.3) is 5.56 Å². The summed E-state index contributed by atoms with van der Waals surface area (Å²) in [6.07, 6.45) is 0. The number of nitrogens with zero attached hydrogens (tertiary/aromatic N) is 2. The summed E-state index contributed by atoms with van der Waals surface area (Å²) in [4.78, 5) is 12.3. The van der Waals surface area contributed by atoms with E-state index in [0.717, 1.165) is 18.2 Å². The van der Waals surface area contributed by atoms with Gasteiger partial charge in [0, 0.05) is 11.3 Å². The van der Waals surface area contributed by atoms with E-state index >= 15 is 0 Å². The van der Waals surface area contributed by atoms with E-state index in [4.69, 9.17) is 10.9 Å². The molecule has 0 aliphatic carbocycles. The van der Waals surface area contributed by atoms with Crippen molar-refractivity contribution >= 4 is 5.84 Å². The molecule has 0 atom stereocenters. The molecule has 7 heteroatoms. The average Bonchev–Trinajstić information content (AvgIpc) is 2.46. The van der Waals surface area contributed by atoms with Gasteiger partial charge in [-0.2, -0.15) is 0 Å². The van der Waals surface area contributed by atoms with Crippen LogP contribution in [0.2, 0.25) is 0 Å². The van der Waals surface area contributed by atoms with Crippen LogP contribution in [-0.4, -0.2) is 15.6 Å². The molecule has 5 nitrogen and oxygen atoms in total. The third-order valence-corrected chi connectivity index (χ3v) is 3.11. The molecule has 1 heterocycles. The number of halogens is 2. The minimum Gasteiger partial charge on any atom is -0.409 e. The summed E-state index contributed by atoms with van der Waals surface area (Å²) in [6.45, 7) is 1.50. The van der Waals surface area contributed by atoms with E-state index in [9.17, 15) is 13.6 Å². The molecule has 110 valence electrons. The number of benzene rings is 1. The molecule has 0 saturated carbocycles. The third kappa shape index (κ3) is 2.91. The lowest BCUT2D eigenvalue weighted by Gasteiger charge is -2.12. The Morgan fingerprint density at radius 3 is 2.71 bits per heavy atom. The van der Waals surface area contributed by atoms with E-state index in [0.29, 0.717) is 5.69 Å². The van der Waals surface area contributed by atoms with Crippen molar-refractivity contribution in [3.05, 3.63) is 69.1 Å². The molecule has 0 unspecified atom stereocenters. The lowest BCUT2D eigenvalue weighted by Crippen LogP contribution is -2.31. The molecule has 1 aromatic heterocycles. The van der Waals surface area contributed by atoms with Gasteiger partial charge in [0.2, 0.25) is 0 Å². The lowest BCUT2D eigenvalue weighted by atomic mass is 10.1. The number of hydrogen-bond donors (Lipinski definition) is 2. The minimum absolute atomic E-state index is 0.0140. The molecule has 0 spiro atoms. The van der Waals surface area contributed by atoms with Crippen molar-refractivity contribution in [2.24, 2.45) is 10.9 Å². The smallest absolute Gasteiger partial charge is 0.262 e. The number of oxime groups is 1. The number of amidine groups is 1. The average molecular weight is 293 g/mol. The van der Waals surface area contributed by atoms with Crippen LogP contribution in [0.15, 0.2) is 40.3 Å². The van der Waals surface area contributed by atoms with Gasteiger partial charge >= 0.3 is 0 Å². The molecule has 2 rings (SSSR count). The Morgan fingerprint density at radius 2 is 2.05 bits per heavy atom. The van der Waals surface area contributed by atoms with E-state index in [1.165, 1.54) is 10.6 Å². The maximum Gasteiger partial charge on any atom is 0.262 e. The maximum atomic E-state index is 13.7. The molecule has 0 aliphatic rings. The predicted octanol–water partition coefficient (Wildman–Crippen LogP) is 1.58. The van der Waals surface area contributed by atoms with Crippen LogP contribution < -0.4 is 11.3 Å². The van der Waals surface area contributed by atoms with Gasteiger partial charge in [-0.15, -0.1) is 0 Å². The molecule has 3 N–H and O–H groups in total. The molecular weight excluding hydrogens is 280 g/mol. The summed E-state index contributed by atoms with van der Waals surface area (Å²) < 4.78 is 28.1. The summed E-state index contributed by atoms with van der Waals surface area (Å²) in [5.74, 6) is -1.55. The monoisotopic (exact) mass is 293 g/mol. The Balaban J connectivity index is 2.54. The topological polar surface area (TPSA) is 80.6 Å². The Labute approximate surface area is 118 Å². The number of nitrogens with two attached hydrogens (primary N) is 1. The van der Waals surface area contributed by atoms with Gasteiger partial charge in [-0.05, 0) is 37.3 Å². The largest absolute Gasteiger partial charge is 0.409 e. The number of rotatable bonds is 3. The molecule has 2 aromatic rings. The molecular formula is C14H13F2N3O2. The highest BCUT2D eigenvalue weighted by molar-refractivity contribution is 5.96. The van der Waals surface area contributed by atoms with Crippen LogP contribution in [0.5, 0.6) is 0 Å². The van der Waals surface area contributed by atoms with Crippen LogP contribution in [0.4, 0.5) is 8.78 Å². The van der Waals surface area contributed by atoms with Gasteiger partial charge in [-0.3, -0.25) is 4.79 Å². The van der Waals surface area contributed by atoms with E-state index in [2.05, 4.69) is 5.16 Å². The second kappa shape index (κ2) is 5.74. The van der Waals surface area contributed by atoms with Gasteiger partial charge in [-0.1, -0.05) is 5.16 Å². The van der Waals surface area contributed by atoms with Crippen LogP contribution in [-0.2, 0) is 6.54 Å². The number of aryl methyl sites for hydroxylation is 1. The Bertz CT molecular complexity index is 769. The van der Waals surface area contributed by atoms with Crippen molar-refractivity contribution in [2.45, 2.75) is 13.5 Å². The van der Waals surface area contributed by atoms with Gasteiger partial charge in [-0.25, -0.2) is 8.78 Å². The van der Waals surface area contributed by atoms with E-state index in [-0.39, 0.29) is 23.5 Å². The summed E-state index contributed by atoms with van der Waals surface area (Å²) >= 11 is 0. The Morgan fingerprint density at radius 1 is 1.33 bits per heavy atom. The van der Waals surface area contributed by atoms with Gasteiger partial charge in [0.1, 0.15) is 11.6 Å². The molecule has 0 radical (unpaired) electrons. The molecule has 0 aliphatic heterocycles. The van der Waals surface area contributed by atoms with Crippen molar-refractivity contribution < 1.29 is 14.0 Å². The fourth-order valence-electron chi connectivity index (χ4n) is 1.95. The van der Waals surface area contributed by atoms with Crippen LogP contribution in [0.25, 0.3) is 0 Å². The summed E-state index contributed by atoms with van der Waals surface area (Å²) in [7, 11) is 0. The molecule has 0 saturated heterocycles. The molecule has 21 heavy (non-hydrogen) atoms. The van der Waals surface area contributed by atoms with Crippen molar-refractivity contribution in [3.8, 4) is 0 Å². The zero-order valence-corrected chi connectivity index (χ0v) is 11.2. The van der Waals surface area contributed by atoms with Crippen molar-refractivity contribution in [2.75, 3.05) is 0 Å². The highest BCUT2D eigenvalue weighted by Gasteiger charge is 2.12. The molecule has 0 bridgehead atoms. The summed E-state index contributed by atoms with van der Waals surface area (Å²) in [5.41, 5.74) is 5.43. The standard InChI is InChI=1S/C14H13F2N3O2/c1-8-2-4-11(13(17)18-21)14(20)19(8)7-9-6-10(15)3-5-12(9)16/h2-6,21H,7H2,1H3,(H2,17,18). The minimum atomic E-state index is -0.614. The first kappa shape index (κ1) is 14.7. The van der Waals surface area contributed by atoms with E-state index in [1.54, 1.807) is 13.0 Å². The number of pyridine rings is 1. The first-order valence-corrected chi connectivity index (χ1v) is 6.06. The first-order valence-electron chi connectivity index (χ1n) is 6.06. The van der Waals surface area contributed by atoms with Crippen LogP contribution in [0.1, 0.15) is 16.8 Å². The van der Waals surface area contributed by atoms with Crippen molar-refractivity contribution in [1.29, 1.82) is 0 Å². The second-order valence-electron chi connectivity index (χ2n) is 4.50. The predicted molar refractivity (Wildman–Crippen MR) is 73.4 cm³/mol. The van der Waals surface area contributed by atoms with Crippen molar-refractivity contribution in [3.63, 3.8) is 0 Å².